The fourth-order valence-corrected chi connectivity index (χ4v) is 1.89. The van der Waals surface area contributed by atoms with E-state index in [0.29, 0.717) is 5.92 Å². The Labute approximate surface area is 100 Å². The molecular formula is C15H25N. The third kappa shape index (κ3) is 2.85. The van der Waals surface area contributed by atoms with E-state index in [1.165, 1.54) is 16.7 Å². The normalized spacial score (nSPS) is 15.2. The number of benzene rings is 1. The van der Waals surface area contributed by atoms with Crippen molar-refractivity contribution in [1.29, 1.82) is 0 Å². The summed E-state index contributed by atoms with van der Waals surface area (Å²) in [6.45, 7) is 11.9. The Bertz CT molecular complexity index is 354. The molecule has 0 bridgehead atoms. The van der Waals surface area contributed by atoms with Crippen LogP contribution in [0.2, 0.25) is 0 Å². The van der Waals surface area contributed by atoms with Crippen LogP contribution in [0.3, 0.4) is 0 Å². The van der Waals surface area contributed by atoms with Crippen molar-refractivity contribution in [3.05, 3.63) is 34.9 Å². The van der Waals surface area contributed by atoms with E-state index in [0.717, 1.165) is 13.0 Å². The molecule has 90 valence electrons. The van der Waals surface area contributed by atoms with Crippen molar-refractivity contribution in [2.24, 2.45) is 17.1 Å². The fraction of sp³-hybridized carbons (Fsp3) is 0.600. The van der Waals surface area contributed by atoms with Gasteiger partial charge in [0.1, 0.15) is 0 Å². The Morgan fingerprint density at radius 1 is 1.19 bits per heavy atom. The zero-order valence-corrected chi connectivity index (χ0v) is 11.3. The zero-order chi connectivity index (χ0) is 12.3. The van der Waals surface area contributed by atoms with Gasteiger partial charge in [-0.2, -0.15) is 0 Å². The minimum absolute atomic E-state index is 0.210. The molecule has 1 rings (SSSR count). The number of aryl methyl sites for hydroxylation is 2. The molecule has 0 amide bonds. The van der Waals surface area contributed by atoms with Crippen molar-refractivity contribution in [3.8, 4) is 0 Å². The van der Waals surface area contributed by atoms with Gasteiger partial charge in [-0.3, -0.25) is 0 Å². The maximum absolute atomic E-state index is 5.92. The van der Waals surface area contributed by atoms with Crippen molar-refractivity contribution in [2.45, 2.75) is 41.0 Å². The predicted molar refractivity (Wildman–Crippen MR) is 71.6 cm³/mol. The number of rotatable bonds is 4. The van der Waals surface area contributed by atoms with E-state index < -0.39 is 0 Å². The summed E-state index contributed by atoms with van der Waals surface area (Å²) in [6.07, 6.45) is 1.07. The molecule has 1 nitrogen and oxygen atoms in total. The van der Waals surface area contributed by atoms with Crippen LogP contribution < -0.4 is 5.73 Å². The Morgan fingerprint density at radius 2 is 1.81 bits per heavy atom. The highest BCUT2D eigenvalue weighted by molar-refractivity contribution is 5.30. The fourth-order valence-electron chi connectivity index (χ4n) is 1.89. The third-order valence-corrected chi connectivity index (χ3v) is 4.04. The monoisotopic (exact) mass is 219 g/mol. The number of hydrogen-bond acceptors (Lipinski definition) is 1. The summed E-state index contributed by atoms with van der Waals surface area (Å²) in [4.78, 5) is 0. The molecular weight excluding hydrogens is 194 g/mol. The van der Waals surface area contributed by atoms with E-state index in [-0.39, 0.29) is 5.41 Å². The van der Waals surface area contributed by atoms with E-state index in [2.05, 4.69) is 52.8 Å². The molecule has 0 aromatic heterocycles. The SMILES string of the molecule is Cc1ccc(CC(C)(CN)C(C)C)cc1C. The van der Waals surface area contributed by atoms with Crippen molar-refractivity contribution < 1.29 is 0 Å². The lowest BCUT2D eigenvalue weighted by Gasteiger charge is -2.32. The van der Waals surface area contributed by atoms with Gasteiger partial charge in [0.05, 0.1) is 0 Å². The van der Waals surface area contributed by atoms with Crippen LogP contribution in [0.15, 0.2) is 18.2 Å². The zero-order valence-electron chi connectivity index (χ0n) is 11.3. The predicted octanol–water partition coefficient (Wildman–Crippen LogP) is 3.47. The van der Waals surface area contributed by atoms with Crippen LogP contribution in [0.1, 0.15) is 37.5 Å². The second kappa shape index (κ2) is 5.01. The van der Waals surface area contributed by atoms with Crippen molar-refractivity contribution in [1.82, 2.24) is 0 Å². The summed E-state index contributed by atoms with van der Waals surface area (Å²) in [6, 6.07) is 6.74. The molecule has 1 aromatic rings. The van der Waals surface area contributed by atoms with E-state index >= 15 is 0 Å². The van der Waals surface area contributed by atoms with Crippen LogP contribution in [0.4, 0.5) is 0 Å². The van der Waals surface area contributed by atoms with Gasteiger partial charge in [0.15, 0.2) is 0 Å². The molecule has 1 aromatic carbocycles. The summed E-state index contributed by atoms with van der Waals surface area (Å²) in [7, 11) is 0. The molecule has 0 saturated carbocycles. The van der Waals surface area contributed by atoms with Crippen LogP contribution in [-0.4, -0.2) is 6.54 Å². The molecule has 0 spiro atoms. The second-order valence-electron chi connectivity index (χ2n) is 5.61. The molecule has 0 aliphatic carbocycles. The smallest absolute Gasteiger partial charge is 0.00175 e. The average molecular weight is 219 g/mol. The van der Waals surface area contributed by atoms with Crippen LogP contribution in [0, 0.1) is 25.2 Å². The van der Waals surface area contributed by atoms with Crippen LogP contribution in [0.5, 0.6) is 0 Å². The first kappa shape index (κ1) is 13.2. The van der Waals surface area contributed by atoms with Gasteiger partial charge >= 0.3 is 0 Å². The van der Waals surface area contributed by atoms with Crippen molar-refractivity contribution >= 4 is 0 Å². The standard InChI is InChI=1S/C15H25N/c1-11(2)15(5,10-16)9-14-7-6-12(3)13(4)8-14/h6-8,11H,9-10,16H2,1-5H3. The van der Waals surface area contributed by atoms with Gasteiger partial charge in [-0.15, -0.1) is 0 Å². The highest BCUT2D eigenvalue weighted by Crippen LogP contribution is 2.30. The lowest BCUT2D eigenvalue weighted by molar-refractivity contribution is 0.227. The largest absolute Gasteiger partial charge is 0.330 e. The lowest BCUT2D eigenvalue weighted by Crippen LogP contribution is -2.34. The molecule has 1 atom stereocenters. The third-order valence-electron chi connectivity index (χ3n) is 4.04. The first-order valence-corrected chi connectivity index (χ1v) is 6.15. The summed E-state index contributed by atoms with van der Waals surface area (Å²) in [5.74, 6) is 0.610. The number of nitrogens with two attached hydrogens (primary N) is 1. The summed E-state index contributed by atoms with van der Waals surface area (Å²) in [5, 5.41) is 0. The molecule has 0 fully saturated rings. The van der Waals surface area contributed by atoms with E-state index in [9.17, 15) is 0 Å². The maximum Gasteiger partial charge on any atom is -0.00175 e. The highest BCUT2D eigenvalue weighted by atomic mass is 14.6. The lowest BCUT2D eigenvalue weighted by atomic mass is 9.74. The van der Waals surface area contributed by atoms with Gasteiger partial charge < -0.3 is 5.73 Å². The van der Waals surface area contributed by atoms with Gasteiger partial charge in [-0.1, -0.05) is 39.0 Å². The minimum atomic E-state index is 0.210. The summed E-state index contributed by atoms with van der Waals surface area (Å²) < 4.78 is 0. The first-order valence-electron chi connectivity index (χ1n) is 6.15. The van der Waals surface area contributed by atoms with Crippen molar-refractivity contribution in [3.63, 3.8) is 0 Å². The van der Waals surface area contributed by atoms with Gasteiger partial charge in [0.2, 0.25) is 0 Å². The van der Waals surface area contributed by atoms with Crippen LogP contribution in [-0.2, 0) is 6.42 Å². The molecule has 0 aliphatic rings. The molecule has 1 heteroatoms. The molecule has 0 heterocycles. The number of hydrogen-bond donors (Lipinski definition) is 1. The van der Waals surface area contributed by atoms with E-state index in [1.54, 1.807) is 0 Å². The average Bonchev–Trinajstić information content (AvgIpc) is 2.23. The van der Waals surface area contributed by atoms with Gasteiger partial charge in [-0.05, 0) is 54.8 Å². The highest BCUT2D eigenvalue weighted by Gasteiger charge is 2.26. The maximum atomic E-state index is 5.92. The quantitative estimate of drug-likeness (QED) is 0.824. The Kier molecular flexibility index (Phi) is 4.15. The van der Waals surface area contributed by atoms with Crippen molar-refractivity contribution in [2.75, 3.05) is 6.54 Å². The topological polar surface area (TPSA) is 26.0 Å². The van der Waals surface area contributed by atoms with Gasteiger partial charge in [0, 0.05) is 0 Å². The molecule has 16 heavy (non-hydrogen) atoms. The first-order chi connectivity index (χ1) is 7.39. The molecule has 2 N–H and O–H groups in total. The Balaban J connectivity index is 2.90. The molecule has 0 aliphatic heterocycles. The Hall–Kier alpha value is -0.820. The van der Waals surface area contributed by atoms with Crippen LogP contribution in [0.25, 0.3) is 0 Å². The molecule has 0 saturated heterocycles. The molecule has 0 radical (unpaired) electrons. The second-order valence-corrected chi connectivity index (χ2v) is 5.61. The summed E-state index contributed by atoms with van der Waals surface area (Å²) in [5.41, 5.74) is 10.3. The summed E-state index contributed by atoms with van der Waals surface area (Å²) >= 11 is 0. The van der Waals surface area contributed by atoms with Gasteiger partial charge in [-0.25, -0.2) is 0 Å². The minimum Gasteiger partial charge on any atom is -0.330 e. The van der Waals surface area contributed by atoms with E-state index in [1.807, 2.05) is 0 Å². The Morgan fingerprint density at radius 3 is 2.25 bits per heavy atom. The van der Waals surface area contributed by atoms with E-state index in [4.69, 9.17) is 5.73 Å². The van der Waals surface area contributed by atoms with Gasteiger partial charge in [0.25, 0.3) is 0 Å². The van der Waals surface area contributed by atoms with Crippen LogP contribution >= 0.6 is 0 Å². The molecule has 1 unspecified atom stereocenters.